The molecule has 8 nitrogen and oxygen atoms in total. The lowest BCUT2D eigenvalue weighted by Gasteiger charge is -2.15. The Kier molecular flexibility index (Phi) is 4.46. The van der Waals surface area contributed by atoms with E-state index in [0.29, 0.717) is 0 Å². The highest BCUT2D eigenvalue weighted by molar-refractivity contribution is 7.89. The number of urea groups is 1. The number of hydrogen-bond acceptors (Lipinski definition) is 4. The van der Waals surface area contributed by atoms with Crippen molar-refractivity contribution in [1.82, 2.24) is 4.90 Å². The van der Waals surface area contributed by atoms with E-state index < -0.39 is 28.6 Å². The minimum atomic E-state index is -3.86. The zero-order valence-corrected chi connectivity index (χ0v) is 10.8. The molecule has 0 saturated heterocycles. The monoisotopic (exact) mass is 287 g/mol. The lowest BCUT2D eigenvalue weighted by molar-refractivity contribution is -0.137. The largest absolute Gasteiger partial charge is 0.480 e. The first-order valence-corrected chi connectivity index (χ1v) is 6.61. The van der Waals surface area contributed by atoms with Crippen molar-refractivity contribution in [1.29, 1.82) is 0 Å². The molecule has 2 amide bonds. The van der Waals surface area contributed by atoms with Gasteiger partial charge in [-0.3, -0.25) is 4.79 Å². The van der Waals surface area contributed by atoms with Gasteiger partial charge >= 0.3 is 12.0 Å². The van der Waals surface area contributed by atoms with E-state index in [2.05, 4.69) is 5.32 Å². The number of benzene rings is 1. The van der Waals surface area contributed by atoms with Gasteiger partial charge in [-0.05, 0) is 18.2 Å². The van der Waals surface area contributed by atoms with E-state index in [9.17, 15) is 18.0 Å². The molecule has 1 rings (SSSR count). The molecule has 9 heteroatoms. The van der Waals surface area contributed by atoms with Gasteiger partial charge in [0.15, 0.2) is 0 Å². The van der Waals surface area contributed by atoms with Gasteiger partial charge in [0.1, 0.15) is 6.54 Å². The second kappa shape index (κ2) is 5.67. The molecule has 0 aliphatic carbocycles. The number of aliphatic carboxylic acids is 1. The van der Waals surface area contributed by atoms with Gasteiger partial charge in [-0.1, -0.05) is 6.07 Å². The summed E-state index contributed by atoms with van der Waals surface area (Å²) in [6, 6.07) is 4.66. The molecule has 0 heterocycles. The number of nitrogens with zero attached hydrogens (tertiary/aromatic N) is 1. The molecule has 0 radical (unpaired) electrons. The molecule has 0 bridgehead atoms. The molecular formula is C10H13N3O5S. The topological polar surface area (TPSA) is 130 Å². The molecule has 0 aliphatic heterocycles. The summed E-state index contributed by atoms with van der Waals surface area (Å²) in [5, 5.41) is 15.8. The van der Waals surface area contributed by atoms with Crippen LogP contribution in [0.2, 0.25) is 0 Å². The highest BCUT2D eigenvalue weighted by Gasteiger charge is 2.13. The maximum atomic E-state index is 11.6. The number of carboxylic acids is 1. The van der Waals surface area contributed by atoms with Crippen molar-refractivity contribution in [3.63, 3.8) is 0 Å². The highest BCUT2D eigenvalue weighted by atomic mass is 32.2. The van der Waals surface area contributed by atoms with E-state index in [1.165, 1.54) is 31.3 Å². The van der Waals surface area contributed by atoms with Gasteiger partial charge in [0.25, 0.3) is 0 Å². The fourth-order valence-corrected chi connectivity index (χ4v) is 1.80. The number of nitrogens with two attached hydrogens (primary N) is 1. The number of anilines is 1. The summed E-state index contributed by atoms with van der Waals surface area (Å²) in [6.45, 7) is -0.472. The SMILES string of the molecule is CN(CC(=O)O)C(=O)Nc1cccc(S(N)(=O)=O)c1. The zero-order chi connectivity index (χ0) is 14.6. The molecule has 4 N–H and O–H groups in total. The number of likely N-dealkylation sites (N-methyl/N-ethyl adjacent to an activating group) is 1. The fourth-order valence-electron chi connectivity index (χ4n) is 1.24. The predicted molar refractivity (Wildman–Crippen MR) is 67.1 cm³/mol. The summed E-state index contributed by atoms with van der Waals surface area (Å²) in [4.78, 5) is 22.8. The zero-order valence-electron chi connectivity index (χ0n) is 10.0. The van der Waals surface area contributed by atoms with Crippen LogP contribution in [0.3, 0.4) is 0 Å². The van der Waals surface area contributed by atoms with Crippen molar-refractivity contribution < 1.29 is 23.1 Å². The van der Waals surface area contributed by atoms with Crippen LogP contribution in [0.25, 0.3) is 0 Å². The van der Waals surface area contributed by atoms with Crippen LogP contribution in [-0.4, -0.2) is 44.0 Å². The molecule has 0 unspecified atom stereocenters. The minimum absolute atomic E-state index is 0.147. The summed E-state index contributed by atoms with van der Waals surface area (Å²) < 4.78 is 22.3. The Balaban J connectivity index is 2.83. The highest BCUT2D eigenvalue weighted by Crippen LogP contribution is 2.14. The van der Waals surface area contributed by atoms with E-state index in [4.69, 9.17) is 10.2 Å². The smallest absolute Gasteiger partial charge is 0.323 e. The van der Waals surface area contributed by atoms with Crippen LogP contribution in [0, 0.1) is 0 Å². The molecule has 0 spiro atoms. The number of hydrogen-bond donors (Lipinski definition) is 3. The summed E-state index contributed by atoms with van der Waals surface area (Å²) in [6.07, 6.45) is 0. The second-order valence-corrected chi connectivity index (χ2v) is 5.31. The number of carbonyl (C=O) groups excluding carboxylic acids is 1. The molecule has 0 aromatic heterocycles. The third kappa shape index (κ3) is 4.56. The van der Waals surface area contributed by atoms with Crippen molar-refractivity contribution in [3.8, 4) is 0 Å². The molecule has 1 aromatic rings. The van der Waals surface area contributed by atoms with Crippen LogP contribution >= 0.6 is 0 Å². The van der Waals surface area contributed by atoms with Crippen LogP contribution in [0.4, 0.5) is 10.5 Å². The number of carboxylic acid groups (broad SMARTS) is 1. The first-order chi connectivity index (χ1) is 8.70. The van der Waals surface area contributed by atoms with Crippen LogP contribution in [0.5, 0.6) is 0 Å². The van der Waals surface area contributed by atoms with E-state index >= 15 is 0 Å². The molecule has 0 aliphatic rings. The Hall–Kier alpha value is -2.13. The average Bonchev–Trinajstić information content (AvgIpc) is 2.27. The lowest BCUT2D eigenvalue weighted by atomic mass is 10.3. The van der Waals surface area contributed by atoms with Gasteiger partial charge in [0, 0.05) is 12.7 Å². The number of carbonyl (C=O) groups is 2. The Labute approximate surface area is 109 Å². The Morgan fingerprint density at radius 2 is 2.05 bits per heavy atom. The number of nitrogens with one attached hydrogen (secondary N) is 1. The van der Waals surface area contributed by atoms with Crippen molar-refractivity contribution >= 4 is 27.7 Å². The average molecular weight is 287 g/mol. The van der Waals surface area contributed by atoms with Gasteiger partial charge in [0.05, 0.1) is 4.90 Å². The number of sulfonamides is 1. The normalized spacial score (nSPS) is 10.8. The quantitative estimate of drug-likeness (QED) is 0.711. The van der Waals surface area contributed by atoms with E-state index in [0.717, 1.165) is 4.90 Å². The van der Waals surface area contributed by atoms with Crippen LogP contribution in [0.15, 0.2) is 29.2 Å². The van der Waals surface area contributed by atoms with Crippen molar-refractivity contribution in [2.45, 2.75) is 4.90 Å². The number of primary sulfonamides is 1. The molecule has 0 atom stereocenters. The minimum Gasteiger partial charge on any atom is -0.480 e. The van der Waals surface area contributed by atoms with Crippen molar-refractivity contribution in [3.05, 3.63) is 24.3 Å². The fraction of sp³-hybridized carbons (Fsp3) is 0.200. The van der Waals surface area contributed by atoms with Gasteiger partial charge < -0.3 is 15.3 Å². The summed E-state index contributed by atoms with van der Waals surface area (Å²) in [5.74, 6) is -1.16. The standard InChI is InChI=1S/C10H13N3O5S/c1-13(6-9(14)15)10(16)12-7-3-2-4-8(5-7)19(11,17)18/h2-5H,6H2,1H3,(H,12,16)(H,14,15)(H2,11,17,18). The Morgan fingerprint density at radius 3 is 2.58 bits per heavy atom. The summed E-state index contributed by atoms with van der Waals surface area (Å²) >= 11 is 0. The molecule has 0 fully saturated rings. The van der Waals surface area contributed by atoms with E-state index in [1.807, 2.05) is 0 Å². The van der Waals surface area contributed by atoms with Gasteiger partial charge in [-0.25, -0.2) is 18.4 Å². The van der Waals surface area contributed by atoms with Crippen molar-refractivity contribution in [2.75, 3.05) is 18.9 Å². The Bertz CT molecular complexity index is 599. The second-order valence-electron chi connectivity index (χ2n) is 3.75. The van der Waals surface area contributed by atoms with Crippen LogP contribution < -0.4 is 10.5 Å². The number of amides is 2. The van der Waals surface area contributed by atoms with Gasteiger partial charge in [0.2, 0.25) is 10.0 Å². The molecule has 1 aromatic carbocycles. The van der Waals surface area contributed by atoms with E-state index in [1.54, 1.807) is 0 Å². The molecule has 0 saturated carbocycles. The first kappa shape index (κ1) is 14.9. The number of rotatable bonds is 4. The molecule has 104 valence electrons. The summed E-state index contributed by atoms with van der Waals surface area (Å²) in [7, 11) is -2.56. The third-order valence-corrected chi connectivity index (χ3v) is 3.04. The summed E-state index contributed by atoms with van der Waals surface area (Å²) in [5.41, 5.74) is 0.203. The van der Waals surface area contributed by atoms with Crippen LogP contribution in [0.1, 0.15) is 0 Å². The van der Waals surface area contributed by atoms with Gasteiger partial charge in [-0.15, -0.1) is 0 Å². The maximum absolute atomic E-state index is 11.6. The maximum Gasteiger partial charge on any atom is 0.323 e. The lowest BCUT2D eigenvalue weighted by Crippen LogP contribution is -2.35. The third-order valence-electron chi connectivity index (χ3n) is 2.13. The van der Waals surface area contributed by atoms with Gasteiger partial charge in [-0.2, -0.15) is 0 Å². The van der Waals surface area contributed by atoms with E-state index in [-0.39, 0.29) is 10.6 Å². The van der Waals surface area contributed by atoms with Crippen molar-refractivity contribution in [2.24, 2.45) is 5.14 Å². The predicted octanol–water partition coefficient (Wildman–Crippen LogP) is -0.118. The molecule has 19 heavy (non-hydrogen) atoms. The Morgan fingerprint density at radius 1 is 1.42 bits per heavy atom. The molecular weight excluding hydrogens is 274 g/mol. The van der Waals surface area contributed by atoms with Crippen LogP contribution in [-0.2, 0) is 14.8 Å². The first-order valence-electron chi connectivity index (χ1n) is 5.07.